The summed E-state index contributed by atoms with van der Waals surface area (Å²) in [5, 5.41) is 3.52. The smallest absolute Gasteiger partial charge is 0.291 e. The molecule has 0 bridgehead atoms. The minimum atomic E-state index is -0.262. The van der Waals surface area contributed by atoms with Crippen molar-refractivity contribution in [2.45, 2.75) is 26.2 Å². The minimum Gasteiger partial charge on any atom is -0.451 e. The van der Waals surface area contributed by atoms with Gasteiger partial charge in [-0.3, -0.25) is 4.79 Å². The van der Waals surface area contributed by atoms with Gasteiger partial charge in [-0.05, 0) is 66.9 Å². The summed E-state index contributed by atoms with van der Waals surface area (Å²) in [5.74, 6) is 0.651. The molecule has 0 spiro atoms. The van der Waals surface area contributed by atoms with Crippen LogP contribution in [-0.2, 0) is 6.42 Å². The van der Waals surface area contributed by atoms with Crippen molar-refractivity contribution in [2.75, 3.05) is 5.32 Å². The molecule has 4 heteroatoms. The minimum absolute atomic E-state index is 0.262. The van der Waals surface area contributed by atoms with Crippen LogP contribution in [0.4, 0.5) is 5.69 Å². The van der Waals surface area contributed by atoms with Gasteiger partial charge in [-0.1, -0.05) is 37.1 Å². The van der Waals surface area contributed by atoms with E-state index in [9.17, 15) is 4.79 Å². The number of hydrogen-bond donors (Lipinski definition) is 1. The maximum Gasteiger partial charge on any atom is 0.291 e. The monoisotopic (exact) mass is 353 g/mol. The Labute approximate surface area is 152 Å². The Kier molecular flexibility index (Phi) is 5.56. The highest BCUT2D eigenvalue weighted by molar-refractivity contribution is 6.30. The van der Waals surface area contributed by atoms with E-state index in [1.54, 1.807) is 24.3 Å². The van der Waals surface area contributed by atoms with Crippen molar-refractivity contribution in [3.63, 3.8) is 0 Å². The molecule has 0 saturated carbocycles. The molecule has 0 fully saturated rings. The molecule has 3 rings (SSSR count). The first-order valence-electron chi connectivity index (χ1n) is 8.42. The average molecular weight is 354 g/mol. The number of unbranched alkanes of at least 4 members (excludes halogenated alkanes) is 1. The van der Waals surface area contributed by atoms with Gasteiger partial charge in [0.25, 0.3) is 5.91 Å². The van der Waals surface area contributed by atoms with Crippen molar-refractivity contribution in [2.24, 2.45) is 0 Å². The van der Waals surface area contributed by atoms with E-state index in [0.717, 1.165) is 17.7 Å². The second-order valence-corrected chi connectivity index (χ2v) is 6.36. The van der Waals surface area contributed by atoms with Crippen LogP contribution in [-0.4, -0.2) is 5.91 Å². The van der Waals surface area contributed by atoms with E-state index in [1.165, 1.54) is 18.4 Å². The third kappa shape index (κ3) is 4.52. The lowest BCUT2D eigenvalue weighted by Crippen LogP contribution is -2.10. The largest absolute Gasteiger partial charge is 0.451 e. The summed E-state index contributed by atoms with van der Waals surface area (Å²) in [7, 11) is 0. The van der Waals surface area contributed by atoms with Crippen molar-refractivity contribution in [3.05, 3.63) is 77.0 Å². The normalized spacial score (nSPS) is 10.6. The zero-order valence-electron chi connectivity index (χ0n) is 14.1. The summed E-state index contributed by atoms with van der Waals surface area (Å²) < 4.78 is 5.67. The standard InChI is InChI=1S/C21H20ClNO2/c1-2-3-4-15-5-11-18(12-6-15)23-21(24)20-14-13-19(25-20)16-7-9-17(22)10-8-16/h5-14H,2-4H2,1H3,(H,23,24). The van der Waals surface area contributed by atoms with Gasteiger partial charge in [-0.15, -0.1) is 0 Å². The number of carbonyl (C=O) groups is 1. The number of hydrogen-bond acceptors (Lipinski definition) is 2. The van der Waals surface area contributed by atoms with Crippen molar-refractivity contribution in [3.8, 4) is 11.3 Å². The molecular formula is C21H20ClNO2. The second kappa shape index (κ2) is 8.04. The summed E-state index contributed by atoms with van der Waals surface area (Å²) in [5.41, 5.74) is 2.92. The third-order valence-electron chi connectivity index (χ3n) is 3.99. The predicted molar refractivity (Wildman–Crippen MR) is 102 cm³/mol. The number of anilines is 1. The van der Waals surface area contributed by atoms with Crippen molar-refractivity contribution < 1.29 is 9.21 Å². The fourth-order valence-electron chi connectivity index (χ4n) is 2.56. The van der Waals surface area contributed by atoms with Crippen LogP contribution in [0.2, 0.25) is 5.02 Å². The Morgan fingerprint density at radius 3 is 2.40 bits per heavy atom. The van der Waals surface area contributed by atoms with Gasteiger partial charge >= 0.3 is 0 Å². The lowest BCUT2D eigenvalue weighted by Gasteiger charge is -2.05. The molecule has 0 atom stereocenters. The van der Waals surface area contributed by atoms with Gasteiger partial charge in [-0.25, -0.2) is 0 Å². The predicted octanol–water partition coefficient (Wildman–Crippen LogP) is 6.19. The summed E-state index contributed by atoms with van der Waals surface area (Å²) in [4.78, 5) is 12.3. The van der Waals surface area contributed by atoms with E-state index in [-0.39, 0.29) is 11.7 Å². The number of carbonyl (C=O) groups excluding carboxylic acids is 1. The van der Waals surface area contributed by atoms with Gasteiger partial charge in [0.15, 0.2) is 5.76 Å². The molecule has 1 heterocycles. The van der Waals surface area contributed by atoms with Crippen molar-refractivity contribution in [1.29, 1.82) is 0 Å². The van der Waals surface area contributed by atoms with Crippen LogP contribution in [0.15, 0.2) is 65.1 Å². The van der Waals surface area contributed by atoms with Gasteiger partial charge in [0, 0.05) is 16.3 Å². The van der Waals surface area contributed by atoms with Crippen LogP contribution in [0, 0.1) is 0 Å². The molecule has 0 aliphatic heterocycles. The first kappa shape index (κ1) is 17.3. The van der Waals surface area contributed by atoms with Gasteiger partial charge in [-0.2, -0.15) is 0 Å². The zero-order valence-corrected chi connectivity index (χ0v) is 14.8. The lowest BCUT2D eigenvalue weighted by atomic mass is 10.1. The summed E-state index contributed by atoms with van der Waals surface area (Å²) in [6.45, 7) is 2.18. The van der Waals surface area contributed by atoms with E-state index < -0.39 is 0 Å². The first-order chi connectivity index (χ1) is 12.2. The molecule has 0 saturated heterocycles. The molecule has 0 aliphatic rings. The van der Waals surface area contributed by atoms with E-state index in [1.807, 2.05) is 36.4 Å². The van der Waals surface area contributed by atoms with E-state index in [4.69, 9.17) is 16.0 Å². The molecule has 2 aromatic carbocycles. The Morgan fingerprint density at radius 2 is 1.72 bits per heavy atom. The number of furan rings is 1. The summed E-state index contributed by atoms with van der Waals surface area (Å²) in [6.07, 6.45) is 3.41. The van der Waals surface area contributed by atoms with Crippen LogP contribution in [0.3, 0.4) is 0 Å². The number of amides is 1. The molecular weight excluding hydrogens is 334 g/mol. The number of benzene rings is 2. The number of aryl methyl sites for hydroxylation is 1. The van der Waals surface area contributed by atoms with E-state index in [2.05, 4.69) is 12.2 Å². The maximum atomic E-state index is 12.3. The third-order valence-corrected chi connectivity index (χ3v) is 4.24. The Bertz CT molecular complexity index is 835. The summed E-state index contributed by atoms with van der Waals surface area (Å²) >= 11 is 5.89. The van der Waals surface area contributed by atoms with Crippen molar-refractivity contribution in [1.82, 2.24) is 0 Å². The number of nitrogens with one attached hydrogen (secondary N) is 1. The Hall–Kier alpha value is -2.52. The molecule has 0 unspecified atom stereocenters. The Balaban J connectivity index is 1.66. The quantitative estimate of drug-likeness (QED) is 0.573. The lowest BCUT2D eigenvalue weighted by molar-refractivity contribution is 0.0997. The Morgan fingerprint density at radius 1 is 1.00 bits per heavy atom. The van der Waals surface area contributed by atoms with Gasteiger partial charge in [0.1, 0.15) is 5.76 Å². The van der Waals surface area contributed by atoms with Gasteiger partial charge in [0.2, 0.25) is 0 Å². The van der Waals surface area contributed by atoms with Crippen LogP contribution >= 0.6 is 11.6 Å². The topological polar surface area (TPSA) is 42.2 Å². The number of halogens is 1. The van der Waals surface area contributed by atoms with E-state index in [0.29, 0.717) is 10.8 Å². The fraction of sp³-hybridized carbons (Fsp3) is 0.190. The molecule has 3 aromatic rings. The first-order valence-corrected chi connectivity index (χ1v) is 8.79. The average Bonchev–Trinajstić information content (AvgIpc) is 3.12. The molecule has 1 N–H and O–H groups in total. The molecule has 1 amide bonds. The van der Waals surface area contributed by atoms with Crippen LogP contribution in [0.25, 0.3) is 11.3 Å². The van der Waals surface area contributed by atoms with E-state index >= 15 is 0 Å². The highest BCUT2D eigenvalue weighted by Crippen LogP contribution is 2.24. The zero-order chi connectivity index (χ0) is 17.6. The molecule has 3 nitrogen and oxygen atoms in total. The van der Waals surface area contributed by atoms with Gasteiger partial charge in [0.05, 0.1) is 0 Å². The molecule has 0 radical (unpaired) electrons. The highest BCUT2D eigenvalue weighted by Gasteiger charge is 2.12. The van der Waals surface area contributed by atoms with Crippen LogP contribution < -0.4 is 5.32 Å². The molecule has 128 valence electrons. The molecule has 25 heavy (non-hydrogen) atoms. The number of rotatable bonds is 6. The van der Waals surface area contributed by atoms with Crippen LogP contribution in [0.5, 0.6) is 0 Å². The second-order valence-electron chi connectivity index (χ2n) is 5.93. The van der Waals surface area contributed by atoms with Crippen LogP contribution in [0.1, 0.15) is 35.9 Å². The molecule has 1 aromatic heterocycles. The summed E-state index contributed by atoms with van der Waals surface area (Å²) in [6, 6.07) is 18.7. The highest BCUT2D eigenvalue weighted by atomic mass is 35.5. The van der Waals surface area contributed by atoms with Crippen molar-refractivity contribution >= 4 is 23.2 Å². The fourth-order valence-corrected chi connectivity index (χ4v) is 2.68. The SMILES string of the molecule is CCCCc1ccc(NC(=O)c2ccc(-c3ccc(Cl)cc3)o2)cc1. The molecule has 0 aliphatic carbocycles. The van der Waals surface area contributed by atoms with Gasteiger partial charge < -0.3 is 9.73 Å². The maximum absolute atomic E-state index is 12.3.